The molecule has 0 bridgehead atoms. The van der Waals surface area contributed by atoms with Crippen molar-refractivity contribution in [3.05, 3.63) is 47.5 Å². The molecule has 0 saturated carbocycles. The molecule has 2 aromatic carbocycles. The molecule has 1 fully saturated rings. The predicted octanol–water partition coefficient (Wildman–Crippen LogP) is 3.07. The van der Waals surface area contributed by atoms with E-state index in [2.05, 4.69) is 5.32 Å². The fraction of sp³-hybridized carbons (Fsp3) is 0.409. The maximum Gasteiger partial charge on any atom is 0.265 e. The van der Waals surface area contributed by atoms with Crippen molar-refractivity contribution in [3.63, 3.8) is 0 Å². The number of amides is 1. The van der Waals surface area contributed by atoms with Crippen LogP contribution >= 0.6 is 11.6 Å². The summed E-state index contributed by atoms with van der Waals surface area (Å²) in [6, 6.07) is 10.6. The molecule has 0 spiro atoms. The van der Waals surface area contributed by atoms with E-state index < -0.39 is 32.1 Å². The summed E-state index contributed by atoms with van der Waals surface area (Å²) in [6.07, 6.45) is 2.97. The molecule has 184 valence electrons. The molecule has 34 heavy (non-hydrogen) atoms. The number of halogens is 1. The lowest BCUT2D eigenvalue weighted by atomic mass is 10.2. The maximum atomic E-state index is 12.9. The van der Waals surface area contributed by atoms with Gasteiger partial charge < -0.3 is 10.1 Å². The number of rotatable bonds is 5. The topological polar surface area (TPSA) is 113 Å². The average molecular weight is 528 g/mol. The summed E-state index contributed by atoms with van der Waals surface area (Å²) in [6.45, 7) is 1.06. The van der Waals surface area contributed by atoms with Crippen molar-refractivity contribution in [1.82, 2.24) is 4.31 Å². The number of ether oxygens (including phenoxy) is 1. The number of benzene rings is 2. The zero-order chi connectivity index (χ0) is 24.5. The van der Waals surface area contributed by atoms with E-state index >= 15 is 0 Å². The Balaban J connectivity index is 1.49. The Kier molecular flexibility index (Phi) is 7.09. The highest BCUT2D eigenvalue weighted by atomic mass is 35.5. The van der Waals surface area contributed by atoms with Crippen LogP contribution in [0.4, 0.5) is 11.4 Å². The number of nitrogens with one attached hydrogen (secondary N) is 1. The lowest BCUT2D eigenvalue weighted by Gasteiger charge is -2.25. The molecule has 12 heteroatoms. The van der Waals surface area contributed by atoms with Crippen LogP contribution in [0.5, 0.6) is 5.75 Å². The first-order valence-corrected chi connectivity index (χ1v) is 14.6. The Morgan fingerprint density at radius 3 is 2.32 bits per heavy atom. The minimum atomic E-state index is -3.61. The quantitative estimate of drug-likeness (QED) is 0.639. The van der Waals surface area contributed by atoms with Gasteiger partial charge in [0.05, 0.1) is 16.8 Å². The number of hydrogen-bond donors (Lipinski definition) is 1. The van der Waals surface area contributed by atoms with Crippen molar-refractivity contribution in [1.29, 1.82) is 0 Å². The van der Waals surface area contributed by atoms with Gasteiger partial charge in [-0.2, -0.15) is 4.31 Å². The van der Waals surface area contributed by atoms with Crippen LogP contribution in [0, 0.1) is 0 Å². The summed E-state index contributed by atoms with van der Waals surface area (Å²) >= 11 is 6.04. The van der Waals surface area contributed by atoms with Gasteiger partial charge in [-0.15, -0.1) is 0 Å². The van der Waals surface area contributed by atoms with Crippen molar-refractivity contribution in [3.8, 4) is 5.75 Å². The van der Waals surface area contributed by atoms with Crippen LogP contribution in [0.2, 0.25) is 5.02 Å². The normalized spacial score (nSPS) is 19.6. The summed E-state index contributed by atoms with van der Waals surface area (Å²) in [7, 11) is -7.18. The minimum absolute atomic E-state index is 0.0390. The fourth-order valence-corrected chi connectivity index (χ4v) is 6.69. The van der Waals surface area contributed by atoms with E-state index in [1.54, 1.807) is 6.07 Å². The van der Waals surface area contributed by atoms with Crippen LogP contribution in [-0.4, -0.2) is 59.0 Å². The first-order chi connectivity index (χ1) is 16.1. The third-order valence-corrected chi connectivity index (χ3v) is 9.15. The van der Waals surface area contributed by atoms with Crippen LogP contribution < -0.4 is 14.4 Å². The van der Waals surface area contributed by atoms with Gasteiger partial charge in [0.15, 0.2) is 6.10 Å². The highest BCUT2D eigenvalue weighted by Gasteiger charge is 2.32. The van der Waals surface area contributed by atoms with Crippen molar-refractivity contribution in [2.24, 2.45) is 0 Å². The van der Waals surface area contributed by atoms with E-state index in [1.807, 2.05) is 0 Å². The lowest BCUT2D eigenvalue weighted by molar-refractivity contribution is -0.122. The average Bonchev–Trinajstić information content (AvgIpc) is 2.99. The van der Waals surface area contributed by atoms with Gasteiger partial charge in [-0.1, -0.05) is 18.0 Å². The van der Waals surface area contributed by atoms with E-state index in [0.29, 0.717) is 23.8 Å². The summed E-state index contributed by atoms with van der Waals surface area (Å²) in [4.78, 5) is 13.1. The number of carbonyl (C=O) groups excluding carboxylic acids is 1. The molecule has 1 unspecified atom stereocenters. The smallest absolute Gasteiger partial charge is 0.265 e. The Morgan fingerprint density at radius 2 is 1.68 bits per heavy atom. The third kappa shape index (κ3) is 5.32. The molecule has 0 aliphatic carbocycles. The van der Waals surface area contributed by atoms with E-state index in [0.717, 1.165) is 25.5 Å². The van der Waals surface area contributed by atoms with E-state index in [1.165, 1.54) is 45.0 Å². The SMILES string of the molecule is CS(=O)(=O)N1CCC(C(=O)Nc2ccc(S(=O)(=O)N3CCCCC3)cc2)Oc2ccc(Cl)cc21. The molecule has 1 saturated heterocycles. The van der Waals surface area contributed by atoms with Gasteiger partial charge in [-0.3, -0.25) is 9.10 Å². The first-order valence-electron chi connectivity index (χ1n) is 10.9. The highest BCUT2D eigenvalue weighted by Crippen LogP contribution is 2.36. The standard InChI is InChI=1S/C22H26ClN3O6S2/c1-33(28,29)26-14-11-21(32-20-10-5-16(23)15-19(20)26)22(27)24-17-6-8-18(9-7-17)34(30,31)25-12-3-2-4-13-25/h5-10,15,21H,2-4,11-14H2,1H3,(H,24,27). The minimum Gasteiger partial charge on any atom is -0.478 e. The summed E-state index contributed by atoms with van der Waals surface area (Å²) in [5.74, 6) is -0.238. The summed E-state index contributed by atoms with van der Waals surface area (Å²) < 4.78 is 58.7. The monoisotopic (exact) mass is 527 g/mol. The predicted molar refractivity (Wildman–Crippen MR) is 130 cm³/mol. The molecule has 1 amide bonds. The Bertz CT molecular complexity index is 1280. The number of piperidine rings is 1. The van der Waals surface area contributed by atoms with Gasteiger partial charge in [0.1, 0.15) is 5.75 Å². The number of carbonyl (C=O) groups is 1. The van der Waals surface area contributed by atoms with Crippen LogP contribution in [0.3, 0.4) is 0 Å². The zero-order valence-corrected chi connectivity index (χ0v) is 21.0. The molecular formula is C22H26ClN3O6S2. The van der Waals surface area contributed by atoms with Crippen LogP contribution in [-0.2, 0) is 24.8 Å². The fourth-order valence-electron chi connectivity index (χ4n) is 4.07. The largest absolute Gasteiger partial charge is 0.478 e. The number of nitrogens with zero attached hydrogens (tertiary/aromatic N) is 2. The van der Waals surface area contributed by atoms with E-state index in [-0.39, 0.29) is 29.3 Å². The maximum absolute atomic E-state index is 12.9. The zero-order valence-electron chi connectivity index (χ0n) is 18.6. The first kappa shape index (κ1) is 24.8. The number of hydrogen-bond acceptors (Lipinski definition) is 6. The van der Waals surface area contributed by atoms with Crippen LogP contribution in [0.15, 0.2) is 47.4 Å². The van der Waals surface area contributed by atoms with E-state index in [9.17, 15) is 21.6 Å². The van der Waals surface area contributed by atoms with Crippen molar-refractivity contribution < 1.29 is 26.4 Å². The van der Waals surface area contributed by atoms with E-state index in [4.69, 9.17) is 16.3 Å². The van der Waals surface area contributed by atoms with Crippen LogP contribution in [0.25, 0.3) is 0 Å². The molecule has 0 radical (unpaired) electrons. The van der Waals surface area contributed by atoms with Gasteiger partial charge in [0, 0.05) is 36.8 Å². The summed E-state index contributed by atoms with van der Waals surface area (Å²) in [5.41, 5.74) is 0.685. The highest BCUT2D eigenvalue weighted by molar-refractivity contribution is 7.92. The number of fused-ring (bicyclic) bond motifs is 1. The van der Waals surface area contributed by atoms with Crippen molar-refractivity contribution in [2.75, 3.05) is 35.5 Å². The van der Waals surface area contributed by atoms with Gasteiger partial charge in [0.25, 0.3) is 5.91 Å². The Hall–Kier alpha value is -2.34. The summed E-state index contributed by atoms with van der Waals surface area (Å²) in [5, 5.41) is 3.07. The molecule has 1 atom stereocenters. The molecule has 2 aliphatic heterocycles. The third-order valence-electron chi connectivity index (χ3n) is 5.82. The molecule has 2 heterocycles. The second-order valence-electron chi connectivity index (χ2n) is 8.32. The molecule has 4 rings (SSSR count). The van der Waals surface area contributed by atoms with Crippen LogP contribution in [0.1, 0.15) is 25.7 Å². The van der Waals surface area contributed by atoms with Gasteiger partial charge >= 0.3 is 0 Å². The molecule has 0 aromatic heterocycles. The van der Waals surface area contributed by atoms with Gasteiger partial charge in [-0.25, -0.2) is 16.8 Å². The molecule has 9 nitrogen and oxygen atoms in total. The second kappa shape index (κ2) is 9.73. The molecule has 2 aliphatic rings. The molecular weight excluding hydrogens is 502 g/mol. The Labute approximate surface area is 204 Å². The Morgan fingerprint density at radius 1 is 1.00 bits per heavy atom. The molecule has 2 aromatic rings. The second-order valence-corrected chi connectivity index (χ2v) is 12.6. The number of anilines is 2. The lowest BCUT2D eigenvalue weighted by Crippen LogP contribution is -2.36. The van der Waals surface area contributed by atoms with Gasteiger partial charge in [-0.05, 0) is 55.3 Å². The molecule has 1 N–H and O–H groups in total. The number of sulfonamides is 2. The van der Waals surface area contributed by atoms with Crippen molar-refractivity contribution >= 4 is 48.9 Å². The van der Waals surface area contributed by atoms with Crippen molar-refractivity contribution in [2.45, 2.75) is 36.7 Å². The van der Waals surface area contributed by atoms with Gasteiger partial charge in [0.2, 0.25) is 20.0 Å².